The van der Waals surface area contributed by atoms with Crippen LogP contribution in [0.3, 0.4) is 0 Å². The molecule has 0 saturated carbocycles. The average Bonchev–Trinajstić information content (AvgIpc) is 3.49. The van der Waals surface area contributed by atoms with Crippen LogP contribution in [-0.4, -0.2) is 82.1 Å². The van der Waals surface area contributed by atoms with Gasteiger partial charge in [-0.05, 0) is 31.5 Å². The second kappa shape index (κ2) is 10.6. The van der Waals surface area contributed by atoms with E-state index in [0.29, 0.717) is 28.8 Å². The molecule has 2 fully saturated rings. The molecule has 2 atom stereocenters. The Morgan fingerprint density at radius 3 is 2.69 bits per heavy atom. The number of hydrogen-bond acceptors (Lipinski definition) is 8. The first kappa shape index (κ1) is 23.0. The van der Waals surface area contributed by atoms with Gasteiger partial charge in [0.1, 0.15) is 9.88 Å². The number of thiazole rings is 1. The molecular weight excluding hydrogens is 430 g/mol. The summed E-state index contributed by atoms with van der Waals surface area (Å²) in [4.78, 5) is 20.8. The molecule has 0 radical (unpaired) electrons. The Morgan fingerprint density at radius 2 is 2.00 bits per heavy atom. The van der Waals surface area contributed by atoms with Crippen molar-refractivity contribution in [3.05, 3.63) is 28.8 Å². The Hall–Kier alpha value is -2.20. The van der Waals surface area contributed by atoms with E-state index >= 15 is 0 Å². The van der Waals surface area contributed by atoms with E-state index in [9.17, 15) is 4.79 Å². The number of hydrogen-bond donors (Lipinski definition) is 1. The molecule has 2 saturated heterocycles. The van der Waals surface area contributed by atoms with Gasteiger partial charge in [-0.15, -0.1) is 11.3 Å². The molecule has 2 aromatic rings. The molecule has 0 spiro atoms. The summed E-state index contributed by atoms with van der Waals surface area (Å²) >= 11 is 1.40. The second-order valence-corrected chi connectivity index (χ2v) is 9.05. The van der Waals surface area contributed by atoms with E-state index in [0.717, 1.165) is 62.2 Å². The lowest BCUT2D eigenvalue weighted by atomic mass is 9.97. The molecule has 2 aliphatic heterocycles. The third-order valence-electron chi connectivity index (χ3n) is 6.13. The number of amides is 1. The number of nitrogens with one attached hydrogen (secondary N) is 1. The van der Waals surface area contributed by atoms with Gasteiger partial charge in [-0.1, -0.05) is 0 Å². The fourth-order valence-electron chi connectivity index (χ4n) is 4.34. The highest BCUT2D eigenvalue weighted by Gasteiger charge is 2.32. The van der Waals surface area contributed by atoms with Gasteiger partial charge in [0.2, 0.25) is 0 Å². The topological polar surface area (TPSA) is 82.2 Å². The SMILES string of the molecule is COc1ccc(-c2nc(C)c(C(=O)NCC(C3CCOC3)N3CCOCC3)s2)cc1OC. The van der Waals surface area contributed by atoms with E-state index in [1.54, 1.807) is 14.2 Å². The fraction of sp³-hybridized carbons (Fsp3) is 0.565. The van der Waals surface area contributed by atoms with Crippen LogP contribution in [0, 0.1) is 12.8 Å². The molecule has 1 aromatic heterocycles. The van der Waals surface area contributed by atoms with E-state index in [1.807, 2.05) is 25.1 Å². The van der Waals surface area contributed by atoms with Gasteiger partial charge in [0, 0.05) is 43.8 Å². The van der Waals surface area contributed by atoms with Crippen molar-refractivity contribution in [3.8, 4) is 22.1 Å². The summed E-state index contributed by atoms with van der Waals surface area (Å²) in [7, 11) is 3.21. The molecule has 1 amide bonds. The molecule has 32 heavy (non-hydrogen) atoms. The third-order valence-corrected chi connectivity index (χ3v) is 7.33. The lowest BCUT2D eigenvalue weighted by Gasteiger charge is -2.37. The molecule has 1 aromatic carbocycles. The Labute approximate surface area is 192 Å². The van der Waals surface area contributed by atoms with E-state index < -0.39 is 0 Å². The largest absolute Gasteiger partial charge is 0.493 e. The van der Waals surface area contributed by atoms with Crippen LogP contribution in [0.15, 0.2) is 18.2 Å². The Kier molecular flexibility index (Phi) is 7.62. The second-order valence-electron chi connectivity index (χ2n) is 8.05. The summed E-state index contributed by atoms with van der Waals surface area (Å²) in [5.74, 6) is 1.64. The smallest absolute Gasteiger partial charge is 0.263 e. The molecule has 2 unspecified atom stereocenters. The highest BCUT2D eigenvalue weighted by atomic mass is 32.1. The summed E-state index contributed by atoms with van der Waals surface area (Å²) in [5, 5.41) is 3.95. The maximum atomic E-state index is 13.1. The number of rotatable bonds is 8. The molecule has 0 bridgehead atoms. The number of methoxy groups -OCH3 is 2. The van der Waals surface area contributed by atoms with Crippen molar-refractivity contribution in [2.24, 2.45) is 5.92 Å². The minimum absolute atomic E-state index is 0.0797. The minimum Gasteiger partial charge on any atom is -0.493 e. The molecule has 8 nitrogen and oxygen atoms in total. The van der Waals surface area contributed by atoms with Crippen LogP contribution < -0.4 is 14.8 Å². The van der Waals surface area contributed by atoms with Gasteiger partial charge in [-0.25, -0.2) is 4.98 Å². The zero-order valence-electron chi connectivity index (χ0n) is 18.9. The van der Waals surface area contributed by atoms with E-state index in [1.165, 1.54) is 11.3 Å². The van der Waals surface area contributed by atoms with Crippen molar-refractivity contribution in [1.82, 2.24) is 15.2 Å². The Balaban J connectivity index is 1.46. The monoisotopic (exact) mass is 461 g/mol. The van der Waals surface area contributed by atoms with Crippen molar-refractivity contribution in [2.45, 2.75) is 19.4 Å². The Morgan fingerprint density at radius 1 is 1.22 bits per heavy atom. The van der Waals surface area contributed by atoms with Crippen LogP contribution in [0.25, 0.3) is 10.6 Å². The van der Waals surface area contributed by atoms with Gasteiger partial charge >= 0.3 is 0 Å². The van der Waals surface area contributed by atoms with Gasteiger partial charge in [-0.3, -0.25) is 9.69 Å². The fourth-order valence-corrected chi connectivity index (χ4v) is 5.32. The van der Waals surface area contributed by atoms with Gasteiger partial charge in [-0.2, -0.15) is 0 Å². The van der Waals surface area contributed by atoms with Crippen molar-refractivity contribution >= 4 is 17.2 Å². The van der Waals surface area contributed by atoms with E-state index in [2.05, 4.69) is 15.2 Å². The standard InChI is InChI=1S/C23H31N3O5S/c1-15-21(32-23(25-15)16-4-5-19(28-2)20(12-16)29-3)22(27)24-13-18(17-6-9-31-14-17)26-7-10-30-11-8-26/h4-5,12,17-18H,6-11,13-14H2,1-3H3,(H,24,27). The highest BCUT2D eigenvalue weighted by molar-refractivity contribution is 7.17. The predicted molar refractivity (Wildman–Crippen MR) is 123 cm³/mol. The zero-order chi connectivity index (χ0) is 22.5. The first-order valence-electron chi connectivity index (χ1n) is 11.0. The van der Waals surface area contributed by atoms with Gasteiger partial charge in [0.15, 0.2) is 11.5 Å². The number of ether oxygens (including phenoxy) is 4. The molecule has 174 valence electrons. The lowest BCUT2D eigenvalue weighted by Crippen LogP contribution is -2.52. The molecule has 1 N–H and O–H groups in total. The van der Waals surface area contributed by atoms with E-state index in [4.69, 9.17) is 18.9 Å². The quantitative estimate of drug-likeness (QED) is 0.647. The van der Waals surface area contributed by atoms with Crippen molar-refractivity contribution in [1.29, 1.82) is 0 Å². The van der Waals surface area contributed by atoms with Crippen LogP contribution in [0.2, 0.25) is 0 Å². The zero-order valence-corrected chi connectivity index (χ0v) is 19.7. The van der Waals surface area contributed by atoms with Gasteiger partial charge < -0.3 is 24.3 Å². The average molecular weight is 462 g/mol. The highest BCUT2D eigenvalue weighted by Crippen LogP contribution is 2.35. The maximum Gasteiger partial charge on any atom is 0.263 e. The minimum atomic E-state index is -0.0797. The summed E-state index contributed by atoms with van der Waals surface area (Å²) in [6.45, 7) is 7.26. The van der Waals surface area contributed by atoms with Crippen molar-refractivity contribution < 1.29 is 23.7 Å². The summed E-state index contributed by atoms with van der Waals surface area (Å²) in [5.41, 5.74) is 1.62. The third kappa shape index (κ3) is 5.06. The molecular formula is C23H31N3O5S. The first-order chi connectivity index (χ1) is 15.6. The summed E-state index contributed by atoms with van der Waals surface area (Å²) in [6, 6.07) is 5.91. The lowest BCUT2D eigenvalue weighted by molar-refractivity contribution is 0.00167. The summed E-state index contributed by atoms with van der Waals surface area (Å²) in [6.07, 6.45) is 1.03. The van der Waals surface area contributed by atoms with Crippen LogP contribution in [-0.2, 0) is 9.47 Å². The van der Waals surface area contributed by atoms with Crippen LogP contribution in [0.5, 0.6) is 11.5 Å². The molecule has 2 aliphatic rings. The predicted octanol–water partition coefficient (Wildman–Crippen LogP) is 2.60. The normalized spacial score (nSPS) is 20.2. The molecule has 0 aliphatic carbocycles. The number of aromatic nitrogens is 1. The number of nitrogens with zero attached hydrogens (tertiary/aromatic N) is 2. The number of benzene rings is 1. The summed E-state index contributed by atoms with van der Waals surface area (Å²) < 4.78 is 21.9. The van der Waals surface area contributed by atoms with E-state index in [-0.39, 0.29) is 11.9 Å². The molecule has 9 heteroatoms. The molecule has 4 rings (SSSR count). The van der Waals surface area contributed by atoms with Crippen LogP contribution in [0.4, 0.5) is 0 Å². The number of morpholine rings is 1. The van der Waals surface area contributed by atoms with Crippen molar-refractivity contribution in [3.63, 3.8) is 0 Å². The Bertz CT molecular complexity index is 922. The first-order valence-corrected chi connectivity index (χ1v) is 11.8. The number of carbonyl (C=O) groups excluding carboxylic acids is 1. The van der Waals surface area contributed by atoms with Crippen LogP contribution >= 0.6 is 11.3 Å². The van der Waals surface area contributed by atoms with Crippen molar-refractivity contribution in [2.75, 3.05) is 60.3 Å². The van der Waals surface area contributed by atoms with Gasteiger partial charge in [0.25, 0.3) is 5.91 Å². The number of carbonyl (C=O) groups is 1. The van der Waals surface area contributed by atoms with Crippen LogP contribution in [0.1, 0.15) is 21.8 Å². The number of aryl methyl sites for hydroxylation is 1. The molecule has 3 heterocycles. The maximum absolute atomic E-state index is 13.1. The van der Waals surface area contributed by atoms with Gasteiger partial charge in [0.05, 0.1) is 39.7 Å².